The Morgan fingerprint density at radius 3 is 2.88 bits per heavy atom. The fourth-order valence-electron chi connectivity index (χ4n) is 1.98. The number of nitrogens with two attached hydrogens (primary N) is 1. The molecular formula is C13H17ClN2S. The minimum atomic E-state index is 0.383. The SMILES string of the molecule is CC(CNc1ccc(Cl)cc1C(N)=S)C1CC1. The Morgan fingerprint density at radius 2 is 2.29 bits per heavy atom. The minimum Gasteiger partial charge on any atom is -0.389 e. The van der Waals surface area contributed by atoms with E-state index in [-0.39, 0.29) is 0 Å². The first-order chi connectivity index (χ1) is 8.08. The van der Waals surface area contributed by atoms with Crippen LogP contribution < -0.4 is 11.1 Å². The number of hydrogen-bond donors (Lipinski definition) is 2. The highest BCUT2D eigenvalue weighted by Gasteiger charge is 2.27. The number of rotatable bonds is 5. The van der Waals surface area contributed by atoms with Crippen LogP contribution in [-0.2, 0) is 0 Å². The van der Waals surface area contributed by atoms with Gasteiger partial charge in [-0.15, -0.1) is 0 Å². The molecule has 3 N–H and O–H groups in total. The molecule has 0 amide bonds. The number of benzene rings is 1. The quantitative estimate of drug-likeness (QED) is 0.804. The molecule has 0 radical (unpaired) electrons. The summed E-state index contributed by atoms with van der Waals surface area (Å²) >= 11 is 11.0. The van der Waals surface area contributed by atoms with Crippen molar-refractivity contribution in [2.75, 3.05) is 11.9 Å². The largest absolute Gasteiger partial charge is 0.389 e. The third kappa shape index (κ3) is 3.33. The Kier molecular flexibility index (Phi) is 3.89. The number of halogens is 1. The first-order valence-corrected chi connectivity index (χ1v) is 6.70. The Hall–Kier alpha value is -0.800. The van der Waals surface area contributed by atoms with Gasteiger partial charge in [-0.2, -0.15) is 0 Å². The van der Waals surface area contributed by atoms with Gasteiger partial charge in [-0.3, -0.25) is 0 Å². The third-order valence-corrected chi connectivity index (χ3v) is 3.74. The molecule has 1 saturated carbocycles. The molecule has 1 fully saturated rings. The lowest BCUT2D eigenvalue weighted by atomic mass is 10.1. The summed E-state index contributed by atoms with van der Waals surface area (Å²) in [6.45, 7) is 3.24. The van der Waals surface area contributed by atoms with E-state index in [9.17, 15) is 0 Å². The van der Waals surface area contributed by atoms with E-state index in [4.69, 9.17) is 29.6 Å². The Morgan fingerprint density at radius 1 is 1.59 bits per heavy atom. The molecule has 1 unspecified atom stereocenters. The second kappa shape index (κ2) is 5.23. The lowest BCUT2D eigenvalue weighted by Gasteiger charge is -2.15. The highest BCUT2D eigenvalue weighted by atomic mass is 35.5. The zero-order chi connectivity index (χ0) is 12.4. The Balaban J connectivity index is 2.06. The number of nitrogens with one attached hydrogen (secondary N) is 1. The van der Waals surface area contributed by atoms with Crippen LogP contribution in [0.15, 0.2) is 18.2 Å². The van der Waals surface area contributed by atoms with Crippen molar-refractivity contribution in [2.24, 2.45) is 17.6 Å². The van der Waals surface area contributed by atoms with Crippen LogP contribution in [0.25, 0.3) is 0 Å². The van der Waals surface area contributed by atoms with Crippen LogP contribution in [-0.4, -0.2) is 11.5 Å². The van der Waals surface area contributed by atoms with Crippen molar-refractivity contribution in [1.29, 1.82) is 0 Å². The zero-order valence-corrected chi connectivity index (χ0v) is 11.4. The smallest absolute Gasteiger partial charge is 0.106 e. The van der Waals surface area contributed by atoms with E-state index >= 15 is 0 Å². The van der Waals surface area contributed by atoms with Crippen molar-refractivity contribution < 1.29 is 0 Å². The zero-order valence-electron chi connectivity index (χ0n) is 9.87. The molecule has 1 aromatic carbocycles. The molecule has 1 aliphatic carbocycles. The van der Waals surface area contributed by atoms with Crippen molar-refractivity contribution in [3.05, 3.63) is 28.8 Å². The molecule has 92 valence electrons. The van der Waals surface area contributed by atoms with Crippen molar-refractivity contribution in [2.45, 2.75) is 19.8 Å². The molecule has 0 spiro atoms. The molecule has 1 aliphatic rings. The van der Waals surface area contributed by atoms with Gasteiger partial charge in [0.1, 0.15) is 4.99 Å². The van der Waals surface area contributed by atoms with Crippen molar-refractivity contribution >= 4 is 34.5 Å². The fourth-order valence-corrected chi connectivity index (χ4v) is 2.32. The lowest BCUT2D eigenvalue weighted by molar-refractivity contribution is 0.536. The maximum atomic E-state index is 5.94. The van der Waals surface area contributed by atoms with Crippen molar-refractivity contribution in [3.8, 4) is 0 Å². The summed E-state index contributed by atoms with van der Waals surface area (Å²) in [5.74, 6) is 1.59. The van der Waals surface area contributed by atoms with Gasteiger partial charge in [-0.05, 0) is 42.9 Å². The molecule has 1 atom stereocenters. The molecular weight excluding hydrogens is 252 g/mol. The molecule has 2 nitrogen and oxygen atoms in total. The van der Waals surface area contributed by atoms with Crippen molar-refractivity contribution in [3.63, 3.8) is 0 Å². The van der Waals surface area contributed by atoms with Gasteiger partial charge in [0.05, 0.1) is 0 Å². The highest BCUT2D eigenvalue weighted by Crippen LogP contribution is 2.36. The number of thiocarbonyl (C=S) groups is 1. The molecule has 0 aliphatic heterocycles. The van der Waals surface area contributed by atoms with Gasteiger partial charge in [-0.1, -0.05) is 30.7 Å². The second-order valence-corrected chi connectivity index (χ2v) is 5.63. The first kappa shape index (κ1) is 12.7. The minimum absolute atomic E-state index is 0.383. The third-order valence-electron chi connectivity index (χ3n) is 3.29. The normalized spacial score (nSPS) is 16.6. The van der Waals surface area contributed by atoms with Crippen LogP contribution >= 0.6 is 23.8 Å². The van der Waals surface area contributed by atoms with E-state index in [1.54, 1.807) is 0 Å². The summed E-state index contributed by atoms with van der Waals surface area (Å²) in [5.41, 5.74) is 7.50. The summed E-state index contributed by atoms with van der Waals surface area (Å²) < 4.78 is 0. The van der Waals surface area contributed by atoms with Crippen LogP contribution in [0.3, 0.4) is 0 Å². The van der Waals surface area contributed by atoms with Gasteiger partial charge in [-0.25, -0.2) is 0 Å². The molecule has 4 heteroatoms. The van der Waals surface area contributed by atoms with E-state index < -0.39 is 0 Å². The van der Waals surface area contributed by atoms with E-state index in [1.807, 2.05) is 18.2 Å². The fraction of sp³-hybridized carbons (Fsp3) is 0.462. The standard InChI is InChI=1S/C13H17ClN2S/c1-8(9-2-3-9)7-16-12-5-4-10(14)6-11(12)13(15)17/h4-6,8-9,16H,2-3,7H2,1H3,(H2,15,17). The van der Waals surface area contributed by atoms with Gasteiger partial charge >= 0.3 is 0 Å². The van der Waals surface area contributed by atoms with Gasteiger partial charge < -0.3 is 11.1 Å². The van der Waals surface area contributed by atoms with Gasteiger partial charge in [0, 0.05) is 22.8 Å². The molecule has 0 saturated heterocycles. The van der Waals surface area contributed by atoms with Gasteiger partial charge in [0.15, 0.2) is 0 Å². The Labute approximate surface area is 113 Å². The average Bonchev–Trinajstić information content (AvgIpc) is 3.10. The second-order valence-electron chi connectivity index (χ2n) is 4.75. The van der Waals surface area contributed by atoms with E-state index in [0.717, 1.165) is 23.7 Å². The summed E-state index contributed by atoms with van der Waals surface area (Å²) in [7, 11) is 0. The van der Waals surface area contributed by atoms with E-state index in [0.29, 0.717) is 15.9 Å². The van der Waals surface area contributed by atoms with Crippen LogP contribution in [0.1, 0.15) is 25.3 Å². The van der Waals surface area contributed by atoms with Crippen LogP contribution in [0.5, 0.6) is 0 Å². The molecule has 0 heterocycles. The number of hydrogen-bond acceptors (Lipinski definition) is 2. The van der Waals surface area contributed by atoms with Gasteiger partial charge in [0.2, 0.25) is 0 Å². The maximum Gasteiger partial charge on any atom is 0.106 e. The summed E-state index contributed by atoms with van der Waals surface area (Å²) in [4.78, 5) is 0.383. The summed E-state index contributed by atoms with van der Waals surface area (Å²) in [6, 6.07) is 5.61. The molecule has 0 bridgehead atoms. The van der Waals surface area contributed by atoms with E-state index in [1.165, 1.54) is 12.8 Å². The van der Waals surface area contributed by atoms with Crippen LogP contribution in [0.4, 0.5) is 5.69 Å². The lowest BCUT2D eigenvalue weighted by Crippen LogP contribution is -2.17. The van der Waals surface area contributed by atoms with Gasteiger partial charge in [0.25, 0.3) is 0 Å². The summed E-state index contributed by atoms with van der Waals surface area (Å²) in [5, 5.41) is 4.08. The van der Waals surface area contributed by atoms with Crippen LogP contribution in [0.2, 0.25) is 5.02 Å². The first-order valence-electron chi connectivity index (χ1n) is 5.91. The summed E-state index contributed by atoms with van der Waals surface area (Å²) in [6.07, 6.45) is 2.73. The molecule has 1 aromatic rings. The topological polar surface area (TPSA) is 38.0 Å². The predicted molar refractivity (Wildman–Crippen MR) is 77.7 cm³/mol. The average molecular weight is 269 g/mol. The molecule has 0 aromatic heterocycles. The predicted octanol–water partition coefficient (Wildman–Crippen LogP) is 3.43. The maximum absolute atomic E-state index is 5.94. The van der Waals surface area contributed by atoms with E-state index in [2.05, 4.69) is 12.2 Å². The molecule has 2 rings (SSSR count). The van der Waals surface area contributed by atoms with Crippen molar-refractivity contribution in [1.82, 2.24) is 0 Å². The molecule has 17 heavy (non-hydrogen) atoms. The van der Waals surface area contributed by atoms with Crippen LogP contribution in [0, 0.1) is 11.8 Å². The monoisotopic (exact) mass is 268 g/mol. The Bertz CT molecular complexity index is 429. The highest BCUT2D eigenvalue weighted by molar-refractivity contribution is 7.80. The number of anilines is 1.